The van der Waals surface area contributed by atoms with Gasteiger partial charge < -0.3 is 10.2 Å². The van der Waals surface area contributed by atoms with Crippen molar-refractivity contribution in [2.24, 2.45) is 0 Å². The zero-order valence-corrected chi connectivity index (χ0v) is 39.7. The fourth-order valence-electron chi connectivity index (χ4n) is 10.8. The van der Waals surface area contributed by atoms with Gasteiger partial charge in [0.25, 0.3) is 0 Å². The number of hydrogen-bond acceptors (Lipinski definition) is 4. The number of para-hydroxylation sites is 2. The van der Waals surface area contributed by atoms with E-state index in [2.05, 4.69) is 223 Å². The summed E-state index contributed by atoms with van der Waals surface area (Å²) in [5.74, 6) is 0. The Bertz CT molecular complexity index is 3170. The summed E-state index contributed by atoms with van der Waals surface area (Å²) in [6.45, 7) is 14.4. The van der Waals surface area contributed by atoms with Crippen molar-refractivity contribution in [3.63, 3.8) is 0 Å². The molecule has 0 fully saturated rings. The highest BCUT2D eigenvalue weighted by Crippen LogP contribution is 2.78. The topological polar surface area (TPSA) is 15.3 Å². The predicted octanol–water partition coefficient (Wildman–Crippen LogP) is 15.8. The molecule has 8 aromatic carbocycles. The molecule has 1 radical (unpaired) electrons. The van der Waals surface area contributed by atoms with Crippen LogP contribution in [-0.2, 0) is 10.8 Å². The van der Waals surface area contributed by atoms with Gasteiger partial charge >= 0.3 is 0 Å². The van der Waals surface area contributed by atoms with Crippen molar-refractivity contribution in [2.45, 2.75) is 104 Å². The highest BCUT2D eigenvalue weighted by molar-refractivity contribution is 8.34. The lowest BCUT2D eigenvalue weighted by Gasteiger charge is -2.47. The lowest BCUT2D eigenvalue weighted by atomic mass is 9.58. The van der Waals surface area contributed by atoms with Gasteiger partial charge in [0.2, 0.25) is 0 Å². The first-order chi connectivity index (χ1) is 31.0. The van der Waals surface area contributed by atoms with E-state index in [1.54, 1.807) is 0 Å². The lowest BCUT2D eigenvalue weighted by molar-refractivity contribution is 0.332. The second kappa shape index (κ2) is 14.8. The van der Waals surface area contributed by atoms with Gasteiger partial charge in [-0.2, -0.15) is 0 Å². The molecule has 0 amide bonds. The minimum Gasteiger partial charge on any atom is -0.353 e. The Kier molecular flexibility index (Phi) is 9.22. The van der Waals surface area contributed by atoms with Crippen molar-refractivity contribution in [2.75, 3.05) is 10.2 Å². The van der Waals surface area contributed by atoms with Crippen LogP contribution in [0.4, 0.5) is 28.4 Å². The standard InChI is InChI=1S/C58H50BN2S3/c1-36-30-41(40-22-17-27-54-56(40)60-45-23-13-16-26-53(45)64(54,38-18-9-7-10-19-38)39-20-11-8-12-21-39)55-48(31-36)61(46-33-43-42(32-37(46)2)57(3,4)28-29-58(43,5)6)47-35-52-51(34-44(47)59-55)62-49-24-14-15-25-50(49)63-52/h7-27,30-35,60H,28-29H2,1-6H3. The molecule has 6 heteroatoms. The zero-order valence-electron chi connectivity index (χ0n) is 37.3. The Morgan fingerprint density at radius 3 is 1.81 bits per heavy atom. The fraction of sp³-hybridized carbons (Fsp3) is 0.172. The monoisotopic (exact) mass is 881 g/mol. The summed E-state index contributed by atoms with van der Waals surface area (Å²) in [7, 11) is 0.597. The van der Waals surface area contributed by atoms with Crippen LogP contribution in [0, 0.1) is 13.8 Å². The van der Waals surface area contributed by atoms with E-state index in [9.17, 15) is 0 Å². The molecule has 3 aliphatic heterocycles. The predicted molar refractivity (Wildman–Crippen MR) is 274 cm³/mol. The van der Waals surface area contributed by atoms with Crippen molar-refractivity contribution in [3.8, 4) is 11.1 Å². The maximum atomic E-state index is 4.09. The fourth-order valence-corrected chi connectivity index (χ4v) is 17.3. The Hall–Kier alpha value is -5.53. The van der Waals surface area contributed by atoms with Crippen LogP contribution in [0.1, 0.15) is 62.8 Å². The summed E-state index contributed by atoms with van der Waals surface area (Å²) in [5, 5.41) is 4.09. The van der Waals surface area contributed by atoms with Crippen molar-refractivity contribution < 1.29 is 0 Å². The highest BCUT2D eigenvalue weighted by Gasteiger charge is 2.42. The molecule has 0 saturated heterocycles. The minimum atomic E-state index is -1.90. The number of aryl methyl sites for hydroxylation is 2. The van der Waals surface area contributed by atoms with Crippen LogP contribution in [-0.4, -0.2) is 7.28 Å². The molecule has 0 spiro atoms. The molecule has 4 aliphatic rings. The van der Waals surface area contributed by atoms with Gasteiger partial charge in [0.1, 0.15) is 0 Å². The van der Waals surface area contributed by atoms with Crippen LogP contribution in [0.25, 0.3) is 11.1 Å². The van der Waals surface area contributed by atoms with Gasteiger partial charge in [-0.15, -0.1) is 10.0 Å². The lowest BCUT2D eigenvalue weighted by Crippen LogP contribution is -2.42. The van der Waals surface area contributed by atoms with Crippen molar-refractivity contribution in [3.05, 3.63) is 186 Å². The summed E-state index contributed by atoms with van der Waals surface area (Å²) in [6, 6.07) is 62.3. The molecule has 313 valence electrons. The van der Waals surface area contributed by atoms with Crippen LogP contribution < -0.4 is 21.1 Å². The normalized spacial score (nSPS) is 17.1. The zero-order chi connectivity index (χ0) is 43.5. The minimum absolute atomic E-state index is 0.0715. The molecule has 12 rings (SSSR count). The van der Waals surface area contributed by atoms with Crippen LogP contribution in [0.2, 0.25) is 0 Å². The second-order valence-electron chi connectivity index (χ2n) is 19.2. The Morgan fingerprint density at radius 2 is 1.12 bits per heavy atom. The summed E-state index contributed by atoms with van der Waals surface area (Å²) >= 11 is 3.80. The van der Waals surface area contributed by atoms with Crippen molar-refractivity contribution >= 4 is 80.2 Å². The molecular weight excluding hydrogens is 832 g/mol. The second-order valence-corrected chi connectivity index (χ2v) is 24.4. The van der Waals surface area contributed by atoms with E-state index in [1.165, 1.54) is 125 Å². The van der Waals surface area contributed by atoms with E-state index in [0.717, 1.165) is 0 Å². The van der Waals surface area contributed by atoms with E-state index in [-0.39, 0.29) is 10.8 Å². The van der Waals surface area contributed by atoms with Gasteiger partial charge in [0, 0.05) is 61.8 Å². The Morgan fingerprint density at radius 1 is 0.531 bits per heavy atom. The van der Waals surface area contributed by atoms with Crippen LogP contribution in [0.5, 0.6) is 0 Å². The third-order valence-corrected chi connectivity index (χ3v) is 20.7. The van der Waals surface area contributed by atoms with Crippen molar-refractivity contribution in [1.82, 2.24) is 0 Å². The van der Waals surface area contributed by atoms with E-state index in [4.69, 9.17) is 0 Å². The first-order valence-electron chi connectivity index (χ1n) is 22.5. The molecule has 0 aromatic heterocycles. The molecule has 1 aliphatic carbocycles. The van der Waals surface area contributed by atoms with Gasteiger partial charge in [-0.05, 0) is 144 Å². The molecule has 3 heterocycles. The molecule has 1 N–H and O–H groups in total. The van der Waals surface area contributed by atoms with E-state index in [0.29, 0.717) is 0 Å². The summed E-state index contributed by atoms with van der Waals surface area (Å²) < 4.78 is 0. The molecule has 0 saturated carbocycles. The SMILES string of the molecule is Cc1cc(-c2cccc3c2Nc2ccccc2S3(c2ccccc2)c2ccccc2)c2c(c1)N(c1cc3c(cc1C)C(C)(C)CCC3(C)C)c1cc3c(cc1[B]2)Sc1ccccc1S3. The molecule has 8 aromatic rings. The van der Waals surface area contributed by atoms with Crippen LogP contribution in [0.3, 0.4) is 0 Å². The Balaban J connectivity index is 1.12. The first kappa shape index (κ1) is 40.0. The molecule has 64 heavy (non-hydrogen) atoms. The number of rotatable bonds is 4. The van der Waals surface area contributed by atoms with E-state index in [1.807, 2.05) is 23.5 Å². The van der Waals surface area contributed by atoms with Gasteiger partial charge in [0.05, 0.1) is 11.4 Å². The Labute approximate surface area is 389 Å². The van der Waals surface area contributed by atoms with Crippen LogP contribution >= 0.6 is 33.6 Å². The van der Waals surface area contributed by atoms with Gasteiger partial charge in [-0.1, -0.05) is 148 Å². The molecule has 2 nitrogen and oxygen atoms in total. The quantitative estimate of drug-likeness (QED) is 0.177. The first-order valence-corrected chi connectivity index (χ1v) is 25.8. The maximum absolute atomic E-state index is 4.09. The van der Waals surface area contributed by atoms with Crippen molar-refractivity contribution in [1.29, 1.82) is 0 Å². The number of nitrogens with one attached hydrogen (secondary N) is 1. The molecular formula is C58H50BN2S3. The smallest absolute Gasteiger partial charge is 0.197 e. The average molecular weight is 882 g/mol. The number of nitrogens with zero attached hydrogens (tertiary/aromatic N) is 1. The number of hydrogen-bond donors (Lipinski definition) is 1. The van der Waals surface area contributed by atoms with E-state index >= 15 is 0 Å². The summed E-state index contributed by atoms with van der Waals surface area (Å²) in [6.07, 6.45) is 2.36. The molecule has 0 bridgehead atoms. The van der Waals surface area contributed by atoms with Gasteiger partial charge in [-0.25, -0.2) is 0 Å². The van der Waals surface area contributed by atoms with Gasteiger partial charge in [0.15, 0.2) is 7.28 Å². The maximum Gasteiger partial charge on any atom is 0.197 e. The van der Waals surface area contributed by atoms with Crippen LogP contribution in [0.15, 0.2) is 203 Å². The van der Waals surface area contributed by atoms with E-state index < -0.39 is 10.0 Å². The van der Waals surface area contributed by atoms with Gasteiger partial charge in [-0.3, -0.25) is 0 Å². The largest absolute Gasteiger partial charge is 0.353 e. The average Bonchev–Trinajstić information content (AvgIpc) is 3.30. The molecule has 0 atom stereocenters. The number of benzene rings is 8. The summed E-state index contributed by atoms with van der Waals surface area (Å²) in [5.41, 5.74) is 16.8. The highest BCUT2D eigenvalue weighted by atomic mass is 32.3. The number of anilines is 5. The third kappa shape index (κ3) is 6.05. The molecule has 0 unspecified atom stereocenters. The summed E-state index contributed by atoms with van der Waals surface area (Å²) in [4.78, 5) is 13.2. The third-order valence-electron chi connectivity index (χ3n) is 14.2. The number of fused-ring (bicyclic) bond motifs is 7.